The van der Waals surface area contributed by atoms with Gasteiger partial charge in [-0.05, 0) is 36.8 Å². The zero-order valence-corrected chi connectivity index (χ0v) is 17.2. The molecule has 4 nitrogen and oxygen atoms in total. The van der Waals surface area contributed by atoms with Crippen LogP contribution in [0.3, 0.4) is 0 Å². The number of ether oxygens (including phenoxy) is 1. The summed E-state index contributed by atoms with van der Waals surface area (Å²) in [6.45, 7) is 7.84. The number of benzene rings is 1. The highest BCUT2D eigenvalue weighted by molar-refractivity contribution is 7.99. The third-order valence-electron chi connectivity index (χ3n) is 4.63. The van der Waals surface area contributed by atoms with Gasteiger partial charge in [-0.1, -0.05) is 26.0 Å². The molecule has 0 unspecified atom stereocenters. The van der Waals surface area contributed by atoms with E-state index in [1.807, 2.05) is 35.7 Å². The van der Waals surface area contributed by atoms with Crippen LogP contribution < -0.4 is 4.74 Å². The number of rotatable bonds is 6. The van der Waals surface area contributed by atoms with E-state index in [1.54, 1.807) is 6.20 Å². The van der Waals surface area contributed by atoms with E-state index in [0.717, 1.165) is 42.9 Å². The quantitative estimate of drug-likeness (QED) is 0.688. The number of aromatic nitrogens is 1. The van der Waals surface area contributed by atoms with E-state index in [-0.39, 0.29) is 12.0 Å². The lowest BCUT2D eigenvalue weighted by Gasteiger charge is -2.32. The van der Waals surface area contributed by atoms with Gasteiger partial charge < -0.3 is 9.64 Å². The van der Waals surface area contributed by atoms with Crippen molar-refractivity contribution in [2.45, 2.75) is 56.3 Å². The summed E-state index contributed by atoms with van der Waals surface area (Å²) >= 11 is 1.84. The maximum Gasteiger partial charge on any atom is 0.226 e. The Bertz CT molecular complexity index is 736. The molecular weight excluding hydrogens is 356 g/mol. The molecule has 1 aliphatic rings. The molecule has 1 amide bonds. The molecular formula is C22H28N2O2S. The smallest absolute Gasteiger partial charge is 0.226 e. The standard InChI is InChI=1S/C22H28N2O2S/c1-16(2)27-21-8-5-18(6-9-21)14-22(25)24-12-10-19(11-13-24)26-20-7-4-17(3)23-15-20/h4-9,15-16,19H,10-14H2,1-3H3. The number of nitrogens with zero attached hydrogens (tertiary/aromatic N) is 2. The van der Waals surface area contributed by atoms with Crippen molar-refractivity contribution in [2.75, 3.05) is 13.1 Å². The third-order valence-corrected chi connectivity index (χ3v) is 5.65. The number of hydrogen-bond acceptors (Lipinski definition) is 4. The lowest BCUT2D eigenvalue weighted by Crippen LogP contribution is -2.42. The molecule has 0 radical (unpaired) electrons. The van der Waals surface area contributed by atoms with Crippen LogP contribution in [0.15, 0.2) is 47.5 Å². The molecule has 1 aromatic carbocycles. The Labute approximate surface area is 166 Å². The van der Waals surface area contributed by atoms with Crippen LogP contribution in [0.1, 0.15) is 37.9 Å². The molecule has 0 bridgehead atoms. The van der Waals surface area contributed by atoms with E-state index >= 15 is 0 Å². The number of hydrogen-bond donors (Lipinski definition) is 0. The minimum Gasteiger partial charge on any atom is -0.489 e. The number of piperidine rings is 1. The van der Waals surface area contributed by atoms with Crippen molar-refractivity contribution in [3.8, 4) is 5.75 Å². The fourth-order valence-electron chi connectivity index (χ4n) is 3.18. The molecule has 144 valence electrons. The van der Waals surface area contributed by atoms with Gasteiger partial charge in [-0.15, -0.1) is 11.8 Å². The van der Waals surface area contributed by atoms with E-state index in [9.17, 15) is 4.79 Å². The van der Waals surface area contributed by atoms with Crippen molar-refractivity contribution < 1.29 is 9.53 Å². The molecule has 1 saturated heterocycles. The van der Waals surface area contributed by atoms with Crippen molar-refractivity contribution in [1.29, 1.82) is 0 Å². The maximum atomic E-state index is 12.6. The summed E-state index contributed by atoms with van der Waals surface area (Å²) in [5.74, 6) is 1.01. The van der Waals surface area contributed by atoms with E-state index in [0.29, 0.717) is 11.7 Å². The fraction of sp³-hybridized carbons (Fsp3) is 0.455. The summed E-state index contributed by atoms with van der Waals surface area (Å²) < 4.78 is 6.00. The van der Waals surface area contributed by atoms with Gasteiger partial charge in [-0.2, -0.15) is 0 Å². The Morgan fingerprint density at radius 3 is 2.48 bits per heavy atom. The molecule has 0 saturated carbocycles. The van der Waals surface area contributed by atoms with Gasteiger partial charge in [0.1, 0.15) is 11.9 Å². The van der Waals surface area contributed by atoms with E-state index < -0.39 is 0 Å². The SMILES string of the molecule is Cc1ccc(OC2CCN(C(=O)Cc3ccc(SC(C)C)cc3)CC2)cn1. The van der Waals surface area contributed by atoms with Crippen LogP contribution in [0, 0.1) is 6.92 Å². The first kappa shape index (κ1) is 19.7. The topological polar surface area (TPSA) is 42.4 Å². The Kier molecular flexibility index (Phi) is 6.78. The van der Waals surface area contributed by atoms with Gasteiger partial charge in [0.15, 0.2) is 0 Å². The van der Waals surface area contributed by atoms with Gasteiger partial charge in [-0.3, -0.25) is 9.78 Å². The first-order valence-corrected chi connectivity index (χ1v) is 10.5. The largest absolute Gasteiger partial charge is 0.489 e. The summed E-state index contributed by atoms with van der Waals surface area (Å²) in [6, 6.07) is 12.3. The highest BCUT2D eigenvalue weighted by Crippen LogP contribution is 2.23. The summed E-state index contributed by atoms with van der Waals surface area (Å²) in [5, 5.41) is 0.566. The second-order valence-electron chi connectivity index (χ2n) is 7.32. The van der Waals surface area contributed by atoms with Crippen LogP contribution in [0.4, 0.5) is 0 Å². The first-order valence-electron chi connectivity index (χ1n) is 9.62. The first-order chi connectivity index (χ1) is 13.0. The summed E-state index contributed by atoms with van der Waals surface area (Å²) in [6.07, 6.45) is 4.13. The Morgan fingerprint density at radius 2 is 1.89 bits per heavy atom. The molecule has 3 rings (SSSR count). The lowest BCUT2D eigenvalue weighted by molar-refractivity contribution is -0.132. The summed E-state index contributed by atoms with van der Waals surface area (Å²) in [7, 11) is 0. The van der Waals surface area contributed by atoms with Crippen LogP contribution in [-0.2, 0) is 11.2 Å². The molecule has 1 aliphatic heterocycles. The van der Waals surface area contributed by atoms with E-state index in [2.05, 4.69) is 43.1 Å². The van der Waals surface area contributed by atoms with Gasteiger partial charge in [0.2, 0.25) is 5.91 Å². The molecule has 0 spiro atoms. The van der Waals surface area contributed by atoms with Crippen LogP contribution in [0.25, 0.3) is 0 Å². The minimum atomic E-state index is 0.158. The number of amides is 1. The number of likely N-dealkylation sites (tertiary alicyclic amines) is 1. The molecule has 0 N–H and O–H groups in total. The predicted octanol–water partition coefficient (Wildman–Crippen LogP) is 4.50. The molecule has 5 heteroatoms. The number of thioether (sulfide) groups is 1. The molecule has 1 fully saturated rings. The second-order valence-corrected chi connectivity index (χ2v) is 8.97. The van der Waals surface area contributed by atoms with Gasteiger partial charge in [0.05, 0.1) is 12.6 Å². The Balaban J connectivity index is 1.46. The molecule has 27 heavy (non-hydrogen) atoms. The van der Waals surface area contributed by atoms with E-state index in [1.165, 1.54) is 4.90 Å². The second kappa shape index (κ2) is 9.27. The fourth-order valence-corrected chi connectivity index (χ4v) is 4.02. The number of pyridine rings is 1. The van der Waals surface area contributed by atoms with Crippen LogP contribution in [0.2, 0.25) is 0 Å². The monoisotopic (exact) mass is 384 g/mol. The van der Waals surface area contributed by atoms with Crippen molar-refractivity contribution in [1.82, 2.24) is 9.88 Å². The molecule has 1 aromatic heterocycles. The highest BCUT2D eigenvalue weighted by Gasteiger charge is 2.24. The zero-order valence-electron chi connectivity index (χ0n) is 16.4. The molecule has 0 aliphatic carbocycles. The number of aryl methyl sites for hydroxylation is 1. The van der Waals surface area contributed by atoms with Crippen molar-refractivity contribution >= 4 is 17.7 Å². The maximum absolute atomic E-state index is 12.6. The van der Waals surface area contributed by atoms with Crippen LogP contribution >= 0.6 is 11.8 Å². The van der Waals surface area contributed by atoms with Crippen molar-refractivity contribution in [3.63, 3.8) is 0 Å². The van der Waals surface area contributed by atoms with Crippen molar-refractivity contribution in [3.05, 3.63) is 53.9 Å². The van der Waals surface area contributed by atoms with Gasteiger partial charge in [0, 0.05) is 41.8 Å². The Morgan fingerprint density at radius 1 is 1.19 bits per heavy atom. The minimum absolute atomic E-state index is 0.158. The molecule has 2 heterocycles. The third kappa shape index (κ3) is 5.99. The van der Waals surface area contributed by atoms with Gasteiger partial charge in [-0.25, -0.2) is 0 Å². The van der Waals surface area contributed by atoms with Gasteiger partial charge in [0.25, 0.3) is 0 Å². The highest BCUT2D eigenvalue weighted by atomic mass is 32.2. The van der Waals surface area contributed by atoms with Gasteiger partial charge >= 0.3 is 0 Å². The molecule has 2 aromatic rings. The number of carbonyl (C=O) groups excluding carboxylic acids is 1. The molecule has 0 atom stereocenters. The average Bonchev–Trinajstić information content (AvgIpc) is 2.65. The van der Waals surface area contributed by atoms with Crippen LogP contribution in [-0.4, -0.2) is 40.2 Å². The summed E-state index contributed by atoms with van der Waals surface area (Å²) in [4.78, 5) is 20.1. The Hall–Kier alpha value is -2.01. The van der Waals surface area contributed by atoms with Crippen molar-refractivity contribution in [2.24, 2.45) is 0 Å². The lowest BCUT2D eigenvalue weighted by atomic mass is 10.1. The zero-order chi connectivity index (χ0) is 19.2. The summed E-state index contributed by atoms with van der Waals surface area (Å²) in [5.41, 5.74) is 2.07. The van der Waals surface area contributed by atoms with Crippen LogP contribution in [0.5, 0.6) is 5.75 Å². The predicted molar refractivity (Wildman–Crippen MR) is 110 cm³/mol. The van der Waals surface area contributed by atoms with E-state index in [4.69, 9.17) is 4.74 Å². The average molecular weight is 385 g/mol. The normalized spacial score (nSPS) is 15.2. The number of carbonyl (C=O) groups is 1.